The number of benzene rings is 1. The molecule has 0 saturated carbocycles. The van der Waals surface area contributed by atoms with Crippen molar-refractivity contribution in [1.29, 1.82) is 0 Å². The van der Waals surface area contributed by atoms with Crippen LogP contribution in [0, 0.1) is 5.82 Å². The minimum absolute atomic E-state index is 0.000448. The Morgan fingerprint density at radius 2 is 2.00 bits per heavy atom. The highest BCUT2D eigenvalue weighted by Gasteiger charge is 2.23. The van der Waals surface area contributed by atoms with Gasteiger partial charge in [-0.1, -0.05) is 26.0 Å². The van der Waals surface area contributed by atoms with Crippen LogP contribution in [0.1, 0.15) is 38.3 Å². The van der Waals surface area contributed by atoms with Gasteiger partial charge in [0.15, 0.2) is 0 Å². The number of hydrogen-bond acceptors (Lipinski definition) is 3. The number of rotatable bonds is 4. The lowest BCUT2D eigenvalue weighted by molar-refractivity contribution is 0.273. The van der Waals surface area contributed by atoms with E-state index in [4.69, 9.17) is 5.73 Å². The second-order valence-electron chi connectivity index (χ2n) is 6.15. The highest BCUT2D eigenvalue weighted by atomic mass is 32.2. The van der Waals surface area contributed by atoms with Crippen LogP contribution < -0.4 is 5.73 Å². The maximum absolute atomic E-state index is 12.9. The standard InChI is InChI=1S/C16H25FN2S/c1-16(2)8-10-19(11-12-20-16)9-7-15(18)13-3-5-14(17)6-4-13/h3-6,15H,7-12,18H2,1-2H3. The van der Waals surface area contributed by atoms with Gasteiger partial charge in [0, 0.05) is 23.1 Å². The van der Waals surface area contributed by atoms with Crippen LogP contribution in [0.2, 0.25) is 0 Å². The molecule has 1 aromatic carbocycles. The van der Waals surface area contributed by atoms with E-state index in [9.17, 15) is 4.39 Å². The molecule has 0 radical (unpaired) electrons. The van der Waals surface area contributed by atoms with Crippen LogP contribution in [0.5, 0.6) is 0 Å². The Morgan fingerprint density at radius 1 is 1.30 bits per heavy atom. The van der Waals surface area contributed by atoms with Crippen molar-refractivity contribution >= 4 is 11.8 Å². The van der Waals surface area contributed by atoms with Crippen molar-refractivity contribution in [3.05, 3.63) is 35.6 Å². The molecule has 1 unspecified atom stereocenters. The molecule has 2 N–H and O–H groups in total. The quantitative estimate of drug-likeness (QED) is 0.923. The van der Waals surface area contributed by atoms with Gasteiger partial charge in [-0.25, -0.2) is 4.39 Å². The van der Waals surface area contributed by atoms with Crippen molar-refractivity contribution in [1.82, 2.24) is 4.90 Å². The van der Waals surface area contributed by atoms with Crippen molar-refractivity contribution in [3.63, 3.8) is 0 Å². The second kappa shape index (κ2) is 6.92. The van der Waals surface area contributed by atoms with Crippen LogP contribution in [-0.4, -0.2) is 35.0 Å². The van der Waals surface area contributed by atoms with Crippen molar-refractivity contribution in [2.75, 3.05) is 25.4 Å². The fraction of sp³-hybridized carbons (Fsp3) is 0.625. The first-order valence-corrected chi connectivity index (χ1v) is 8.32. The monoisotopic (exact) mass is 296 g/mol. The SMILES string of the molecule is CC1(C)CCN(CCC(N)c2ccc(F)cc2)CCS1. The minimum Gasteiger partial charge on any atom is -0.324 e. The number of hydrogen-bond donors (Lipinski definition) is 1. The number of nitrogens with two attached hydrogens (primary N) is 1. The van der Waals surface area contributed by atoms with Crippen LogP contribution >= 0.6 is 11.8 Å². The minimum atomic E-state index is -0.201. The third kappa shape index (κ3) is 4.76. The third-order valence-electron chi connectivity index (χ3n) is 3.98. The zero-order valence-electron chi connectivity index (χ0n) is 12.4. The van der Waals surface area contributed by atoms with E-state index in [0.717, 1.165) is 31.6 Å². The van der Waals surface area contributed by atoms with Gasteiger partial charge < -0.3 is 10.6 Å². The molecule has 2 rings (SSSR count). The molecule has 1 heterocycles. The summed E-state index contributed by atoms with van der Waals surface area (Å²) >= 11 is 2.06. The van der Waals surface area contributed by atoms with Gasteiger partial charge in [-0.15, -0.1) is 0 Å². The van der Waals surface area contributed by atoms with Crippen molar-refractivity contribution in [3.8, 4) is 0 Å². The fourth-order valence-corrected chi connectivity index (χ4v) is 3.62. The highest BCUT2D eigenvalue weighted by molar-refractivity contribution is 8.00. The smallest absolute Gasteiger partial charge is 0.123 e. The van der Waals surface area contributed by atoms with Crippen LogP contribution in [0.25, 0.3) is 0 Å². The van der Waals surface area contributed by atoms with Crippen molar-refractivity contribution < 1.29 is 4.39 Å². The molecule has 0 spiro atoms. The Bertz CT molecular complexity index is 419. The molecule has 1 saturated heterocycles. The molecule has 112 valence electrons. The highest BCUT2D eigenvalue weighted by Crippen LogP contribution is 2.30. The molecule has 0 bridgehead atoms. The van der Waals surface area contributed by atoms with E-state index < -0.39 is 0 Å². The van der Waals surface area contributed by atoms with Crippen LogP contribution in [0.3, 0.4) is 0 Å². The Morgan fingerprint density at radius 3 is 2.70 bits per heavy atom. The van der Waals surface area contributed by atoms with E-state index in [0.29, 0.717) is 4.75 Å². The molecule has 1 aromatic rings. The average Bonchev–Trinajstić information content (AvgIpc) is 2.58. The van der Waals surface area contributed by atoms with Crippen molar-refractivity contribution in [2.45, 2.75) is 37.5 Å². The average molecular weight is 296 g/mol. The lowest BCUT2D eigenvalue weighted by Crippen LogP contribution is -2.30. The summed E-state index contributed by atoms with van der Waals surface area (Å²) < 4.78 is 13.3. The molecule has 0 aromatic heterocycles. The first kappa shape index (κ1) is 15.8. The molecule has 20 heavy (non-hydrogen) atoms. The summed E-state index contributed by atoms with van der Waals surface area (Å²) in [6.45, 7) is 7.96. The van der Waals surface area contributed by atoms with Crippen LogP contribution in [0.15, 0.2) is 24.3 Å². The topological polar surface area (TPSA) is 29.3 Å². The molecule has 1 aliphatic heterocycles. The van der Waals surface area contributed by atoms with Gasteiger partial charge >= 0.3 is 0 Å². The lowest BCUT2D eigenvalue weighted by Gasteiger charge is -2.23. The first-order valence-electron chi connectivity index (χ1n) is 7.34. The van der Waals surface area contributed by atoms with E-state index in [2.05, 4.69) is 30.5 Å². The predicted octanol–water partition coefficient (Wildman–Crippen LogP) is 3.43. The summed E-state index contributed by atoms with van der Waals surface area (Å²) in [7, 11) is 0. The Kier molecular flexibility index (Phi) is 5.47. The maximum atomic E-state index is 12.9. The summed E-state index contributed by atoms with van der Waals surface area (Å²) in [6.07, 6.45) is 2.15. The van der Waals surface area contributed by atoms with Gasteiger partial charge in [0.2, 0.25) is 0 Å². The Balaban J connectivity index is 1.81. The molecule has 0 amide bonds. The number of nitrogens with zero attached hydrogens (tertiary/aromatic N) is 1. The molecular formula is C16H25FN2S. The van der Waals surface area contributed by atoms with Gasteiger partial charge in [0.25, 0.3) is 0 Å². The van der Waals surface area contributed by atoms with Gasteiger partial charge in [-0.05, 0) is 43.6 Å². The summed E-state index contributed by atoms with van der Waals surface area (Å²) in [4.78, 5) is 2.51. The Labute approximate surface area is 125 Å². The van der Waals surface area contributed by atoms with Gasteiger partial charge in [-0.2, -0.15) is 11.8 Å². The number of halogens is 1. The van der Waals surface area contributed by atoms with Gasteiger partial charge in [0.05, 0.1) is 0 Å². The van der Waals surface area contributed by atoms with E-state index >= 15 is 0 Å². The summed E-state index contributed by atoms with van der Waals surface area (Å²) in [5, 5.41) is 0. The van der Waals surface area contributed by atoms with E-state index in [1.54, 1.807) is 12.1 Å². The molecule has 1 aliphatic rings. The zero-order valence-corrected chi connectivity index (χ0v) is 13.3. The second-order valence-corrected chi connectivity index (χ2v) is 7.95. The molecule has 0 aliphatic carbocycles. The van der Waals surface area contributed by atoms with Crippen LogP contribution in [-0.2, 0) is 0 Å². The van der Waals surface area contributed by atoms with Crippen LogP contribution in [0.4, 0.5) is 4.39 Å². The van der Waals surface area contributed by atoms with E-state index in [1.807, 2.05) is 0 Å². The van der Waals surface area contributed by atoms with E-state index in [-0.39, 0.29) is 11.9 Å². The molecule has 1 atom stereocenters. The maximum Gasteiger partial charge on any atom is 0.123 e. The molecular weight excluding hydrogens is 271 g/mol. The number of thioether (sulfide) groups is 1. The predicted molar refractivity (Wildman–Crippen MR) is 85.5 cm³/mol. The normalized spacial score (nSPS) is 21.4. The van der Waals surface area contributed by atoms with E-state index in [1.165, 1.54) is 24.3 Å². The summed E-state index contributed by atoms with van der Waals surface area (Å²) in [6, 6.07) is 6.56. The zero-order chi connectivity index (χ0) is 14.6. The van der Waals surface area contributed by atoms with Crippen molar-refractivity contribution in [2.24, 2.45) is 5.73 Å². The molecule has 4 heteroatoms. The fourth-order valence-electron chi connectivity index (χ4n) is 2.48. The van der Waals surface area contributed by atoms with Gasteiger partial charge in [-0.3, -0.25) is 0 Å². The Hall–Kier alpha value is -0.580. The lowest BCUT2D eigenvalue weighted by atomic mass is 10.0. The largest absolute Gasteiger partial charge is 0.324 e. The van der Waals surface area contributed by atoms with Gasteiger partial charge in [0.1, 0.15) is 5.82 Å². The summed E-state index contributed by atoms with van der Waals surface area (Å²) in [5.41, 5.74) is 7.22. The molecule has 2 nitrogen and oxygen atoms in total. The first-order chi connectivity index (χ1) is 9.46. The third-order valence-corrected chi connectivity index (χ3v) is 5.36. The molecule has 1 fully saturated rings. The summed E-state index contributed by atoms with van der Waals surface area (Å²) in [5.74, 6) is 0.992.